The van der Waals surface area contributed by atoms with Crippen molar-refractivity contribution >= 4 is 5.96 Å². The molecular weight excluding hydrogens is 214 g/mol. The summed E-state index contributed by atoms with van der Waals surface area (Å²) in [5.74, 6) is 0.855. The summed E-state index contributed by atoms with van der Waals surface area (Å²) in [6, 6.07) is 9.99. The Kier molecular flexibility index (Phi) is 6.10. The van der Waals surface area contributed by atoms with E-state index in [2.05, 4.69) is 15.6 Å². The molecule has 94 valence electrons. The van der Waals surface area contributed by atoms with Gasteiger partial charge in [-0.3, -0.25) is 4.99 Å². The maximum atomic E-state index is 9.39. The van der Waals surface area contributed by atoms with Gasteiger partial charge in [0.15, 0.2) is 5.96 Å². The van der Waals surface area contributed by atoms with Crippen molar-refractivity contribution in [1.82, 2.24) is 10.6 Å². The van der Waals surface area contributed by atoms with Crippen LogP contribution in [0.1, 0.15) is 18.4 Å². The molecule has 4 nitrogen and oxygen atoms in total. The largest absolute Gasteiger partial charge is 0.396 e. The molecule has 0 aliphatic heterocycles. The van der Waals surface area contributed by atoms with Crippen LogP contribution < -0.4 is 10.6 Å². The number of hydrogen-bond donors (Lipinski definition) is 3. The predicted octanol–water partition coefficient (Wildman–Crippen LogP) is 0.947. The molecule has 0 spiro atoms. The number of nitrogens with zero attached hydrogens (tertiary/aromatic N) is 1. The molecule has 0 amide bonds. The van der Waals surface area contributed by atoms with Crippen molar-refractivity contribution in [3.8, 4) is 0 Å². The molecule has 4 heteroatoms. The molecule has 0 radical (unpaired) electrons. The number of hydrogen-bond acceptors (Lipinski definition) is 2. The van der Waals surface area contributed by atoms with Gasteiger partial charge in [-0.05, 0) is 12.5 Å². The van der Waals surface area contributed by atoms with Crippen molar-refractivity contribution in [3.63, 3.8) is 0 Å². The van der Waals surface area contributed by atoms with Gasteiger partial charge in [0, 0.05) is 26.1 Å². The summed E-state index contributed by atoms with van der Waals surface area (Å²) in [5, 5.41) is 15.7. The number of aliphatic hydroxyl groups excluding tert-OH is 1. The van der Waals surface area contributed by atoms with Crippen LogP contribution in [-0.4, -0.2) is 37.8 Å². The van der Waals surface area contributed by atoms with Crippen LogP contribution in [0, 0.1) is 0 Å². The highest BCUT2D eigenvalue weighted by Gasteiger charge is 2.10. The third-order valence-electron chi connectivity index (χ3n) is 2.58. The summed E-state index contributed by atoms with van der Waals surface area (Å²) in [6.07, 6.45) is 0. The average molecular weight is 235 g/mol. The van der Waals surface area contributed by atoms with Gasteiger partial charge in [0.2, 0.25) is 0 Å². The maximum Gasteiger partial charge on any atom is 0.190 e. The van der Waals surface area contributed by atoms with Crippen molar-refractivity contribution < 1.29 is 5.11 Å². The zero-order valence-corrected chi connectivity index (χ0v) is 10.5. The molecule has 1 aromatic rings. The van der Waals surface area contributed by atoms with E-state index < -0.39 is 0 Å². The van der Waals surface area contributed by atoms with Crippen LogP contribution in [-0.2, 0) is 0 Å². The fraction of sp³-hybridized carbons (Fsp3) is 0.462. The quantitative estimate of drug-likeness (QED) is 0.526. The van der Waals surface area contributed by atoms with E-state index in [4.69, 9.17) is 0 Å². The zero-order valence-electron chi connectivity index (χ0n) is 10.5. The van der Waals surface area contributed by atoms with Gasteiger partial charge >= 0.3 is 0 Å². The summed E-state index contributed by atoms with van der Waals surface area (Å²) in [5.41, 5.74) is 1.13. The third kappa shape index (κ3) is 4.44. The highest BCUT2D eigenvalue weighted by Crippen LogP contribution is 2.13. The van der Waals surface area contributed by atoms with Crippen molar-refractivity contribution in [2.24, 2.45) is 4.99 Å². The van der Waals surface area contributed by atoms with Gasteiger partial charge in [0.05, 0.1) is 6.61 Å². The number of nitrogens with one attached hydrogen (secondary N) is 2. The average Bonchev–Trinajstić information content (AvgIpc) is 2.39. The van der Waals surface area contributed by atoms with Gasteiger partial charge < -0.3 is 15.7 Å². The molecule has 1 atom stereocenters. The van der Waals surface area contributed by atoms with E-state index in [1.165, 1.54) is 0 Å². The lowest BCUT2D eigenvalue weighted by molar-refractivity contribution is 0.265. The van der Waals surface area contributed by atoms with Crippen LogP contribution in [0.5, 0.6) is 0 Å². The summed E-state index contributed by atoms with van der Waals surface area (Å²) in [6.45, 7) is 3.64. The number of rotatable bonds is 5. The molecular formula is C13H21N3O. The normalized spacial score (nSPS) is 13.2. The Bertz CT molecular complexity index is 338. The Hall–Kier alpha value is -1.55. The molecule has 0 heterocycles. The Morgan fingerprint density at radius 3 is 2.53 bits per heavy atom. The van der Waals surface area contributed by atoms with Crippen molar-refractivity contribution in [2.75, 3.05) is 26.7 Å². The van der Waals surface area contributed by atoms with Crippen molar-refractivity contribution in [1.29, 1.82) is 0 Å². The first-order valence-electron chi connectivity index (χ1n) is 5.92. The smallest absolute Gasteiger partial charge is 0.190 e. The third-order valence-corrected chi connectivity index (χ3v) is 2.58. The Labute approximate surface area is 103 Å². The van der Waals surface area contributed by atoms with Crippen LogP contribution >= 0.6 is 0 Å². The highest BCUT2D eigenvalue weighted by atomic mass is 16.3. The second-order valence-electron chi connectivity index (χ2n) is 3.77. The molecule has 1 aromatic carbocycles. The lowest BCUT2D eigenvalue weighted by Gasteiger charge is -2.17. The first-order chi connectivity index (χ1) is 8.31. The van der Waals surface area contributed by atoms with Gasteiger partial charge in [-0.1, -0.05) is 30.3 Å². The van der Waals surface area contributed by atoms with E-state index in [-0.39, 0.29) is 12.5 Å². The fourth-order valence-electron chi connectivity index (χ4n) is 1.62. The van der Waals surface area contributed by atoms with Crippen LogP contribution in [0.15, 0.2) is 35.3 Å². The lowest BCUT2D eigenvalue weighted by atomic mass is 10.0. The molecule has 1 unspecified atom stereocenters. The minimum Gasteiger partial charge on any atom is -0.396 e. The molecule has 17 heavy (non-hydrogen) atoms. The molecule has 0 aliphatic carbocycles. The molecule has 0 saturated heterocycles. The molecule has 0 bridgehead atoms. The second-order valence-corrected chi connectivity index (χ2v) is 3.77. The molecule has 0 aliphatic rings. The predicted molar refractivity (Wildman–Crippen MR) is 71.3 cm³/mol. The Morgan fingerprint density at radius 2 is 2.00 bits per heavy atom. The summed E-state index contributed by atoms with van der Waals surface area (Å²) in [4.78, 5) is 4.09. The first kappa shape index (κ1) is 13.5. The van der Waals surface area contributed by atoms with E-state index in [0.717, 1.165) is 18.1 Å². The lowest BCUT2D eigenvalue weighted by Crippen LogP contribution is -2.39. The van der Waals surface area contributed by atoms with E-state index in [0.29, 0.717) is 6.54 Å². The topological polar surface area (TPSA) is 56.7 Å². The maximum absolute atomic E-state index is 9.39. The molecule has 1 rings (SSSR count). The number of guanidine groups is 1. The van der Waals surface area contributed by atoms with E-state index in [1.54, 1.807) is 7.05 Å². The first-order valence-corrected chi connectivity index (χ1v) is 5.92. The van der Waals surface area contributed by atoms with Gasteiger partial charge in [-0.25, -0.2) is 0 Å². The van der Waals surface area contributed by atoms with E-state index in [1.807, 2.05) is 37.3 Å². The van der Waals surface area contributed by atoms with Gasteiger partial charge in [-0.15, -0.1) is 0 Å². The molecule has 0 fully saturated rings. The second kappa shape index (κ2) is 7.68. The number of benzene rings is 1. The minimum absolute atomic E-state index is 0.0895. The summed E-state index contributed by atoms with van der Waals surface area (Å²) >= 11 is 0. The molecule has 3 N–H and O–H groups in total. The van der Waals surface area contributed by atoms with Gasteiger partial charge in [-0.2, -0.15) is 0 Å². The van der Waals surface area contributed by atoms with Gasteiger partial charge in [0.25, 0.3) is 0 Å². The van der Waals surface area contributed by atoms with Gasteiger partial charge in [0.1, 0.15) is 0 Å². The highest BCUT2D eigenvalue weighted by molar-refractivity contribution is 5.79. The molecule has 0 saturated carbocycles. The zero-order chi connectivity index (χ0) is 12.5. The Morgan fingerprint density at radius 1 is 1.29 bits per heavy atom. The SMILES string of the molecule is CCNC(=NC)NCC(CO)c1ccccc1. The van der Waals surface area contributed by atoms with Crippen LogP contribution in [0.3, 0.4) is 0 Å². The fourth-order valence-corrected chi connectivity index (χ4v) is 1.62. The standard InChI is InChI=1S/C13H21N3O/c1-3-15-13(14-2)16-9-12(10-17)11-7-5-4-6-8-11/h4-8,12,17H,3,9-10H2,1-2H3,(H2,14,15,16). The van der Waals surface area contributed by atoms with E-state index >= 15 is 0 Å². The van der Waals surface area contributed by atoms with Crippen LogP contribution in [0.4, 0.5) is 0 Å². The van der Waals surface area contributed by atoms with Crippen LogP contribution in [0.25, 0.3) is 0 Å². The number of aliphatic imine (C=N–C) groups is 1. The monoisotopic (exact) mass is 235 g/mol. The van der Waals surface area contributed by atoms with Crippen molar-refractivity contribution in [3.05, 3.63) is 35.9 Å². The summed E-state index contributed by atoms with van der Waals surface area (Å²) in [7, 11) is 1.74. The summed E-state index contributed by atoms with van der Waals surface area (Å²) < 4.78 is 0. The molecule has 0 aromatic heterocycles. The number of aliphatic hydroxyl groups is 1. The van der Waals surface area contributed by atoms with E-state index in [9.17, 15) is 5.11 Å². The minimum atomic E-state index is 0.0895. The Balaban J connectivity index is 2.54. The van der Waals surface area contributed by atoms with Crippen molar-refractivity contribution in [2.45, 2.75) is 12.8 Å². The van der Waals surface area contributed by atoms with Crippen LogP contribution in [0.2, 0.25) is 0 Å².